The summed E-state index contributed by atoms with van der Waals surface area (Å²) in [5, 5.41) is 5.09. The lowest BCUT2D eigenvalue weighted by Gasteiger charge is -2.24. The van der Waals surface area contributed by atoms with Gasteiger partial charge in [0.15, 0.2) is 0 Å². The maximum absolute atomic E-state index is 12.9. The standard InChI is InChI=1S/C16H22FN3O3/c1-9(2)14(19-10(3)21)16(23)20-13(15(18)22)8-11-4-6-12(17)7-5-11/h4-7,9,13-14H,8H2,1-3H3,(H2,18,22)(H,19,21)(H,20,23)/t13-,14-/m1/s1. The molecule has 0 aliphatic heterocycles. The number of hydrogen-bond acceptors (Lipinski definition) is 3. The Morgan fingerprint density at radius 1 is 1.13 bits per heavy atom. The number of hydrogen-bond donors (Lipinski definition) is 3. The van der Waals surface area contributed by atoms with Gasteiger partial charge in [0.05, 0.1) is 0 Å². The molecule has 1 aromatic rings. The molecule has 0 unspecified atom stereocenters. The van der Waals surface area contributed by atoms with E-state index in [1.165, 1.54) is 31.2 Å². The predicted octanol–water partition coefficient (Wildman–Crippen LogP) is 0.499. The van der Waals surface area contributed by atoms with Gasteiger partial charge in [-0.15, -0.1) is 0 Å². The summed E-state index contributed by atoms with van der Waals surface area (Å²) in [7, 11) is 0. The number of nitrogens with two attached hydrogens (primary N) is 1. The molecule has 126 valence electrons. The van der Waals surface area contributed by atoms with Crippen molar-refractivity contribution in [3.05, 3.63) is 35.6 Å². The second-order valence-electron chi connectivity index (χ2n) is 5.72. The van der Waals surface area contributed by atoms with E-state index in [0.717, 1.165) is 0 Å². The van der Waals surface area contributed by atoms with Gasteiger partial charge in [0.1, 0.15) is 17.9 Å². The van der Waals surface area contributed by atoms with Crippen molar-refractivity contribution in [1.29, 1.82) is 0 Å². The fraction of sp³-hybridized carbons (Fsp3) is 0.438. The fourth-order valence-electron chi connectivity index (χ4n) is 2.09. The number of carbonyl (C=O) groups excluding carboxylic acids is 3. The van der Waals surface area contributed by atoms with Crippen LogP contribution in [0.3, 0.4) is 0 Å². The molecule has 4 N–H and O–H groups in total. The van der Waals surface area contributed by atoms with Gasteiger partial charge >= 0.3 is 0 Å². The monoisotopic (exact) mass is 323 g/mol. The van der Waals surface area contributed by atoms with Crippen LogP contribution in [0.25, 0.3) is 0 Å². The van der Waals surface area contributed by atoms with Crippen molar-refractivity contribution in [2.75, 3.05) is 0 Å². The maximum atomic E-state index is 12.9. The molecule has 0 saturated carbocycles. The van der Waals surface area contributed by atoms with E-state index >= 15 is 0 Å². The second-order valence-corrected chi connectivity index (χ2v) is 5.72. The van der Waals surface area contributed by atoms with Gasteiger partial charge in [-0.25, -0.2) is 4.39 Å². The normalized spacial score (nSPS) is 13.3. The lowest BCUT2D eigenvalue weighted by atomic mass is 10.0. The number of halogens is 1. The zero-order valence-electron chi connectivity index (χ0n) is 13.4. The molecule has 0 heterocycles. The summed E-state index contributed by atoms with van der Waals surface area (Å²) in [4.78, 5) is 35.0. The SMILES string of the molecule is CC(=O)N[C@@H](C(=O)N[C@H](Cc1ccc(F)cc1)C(N)=O)C(C)C. The molecule has 1 rings (SSSR count). The quantitative estimate of drug-likeness (QED) is 0.681. The van der Waals surface area contributed by atoms with Gasteiger partial charge in [0.2, 0.25) is 17.7 Å². The van der Waals surface area contributed by atoms with E-state index in [1.54, 1.807) is 13.8 Å². The molecule has 0 aliphatic carbocycles. The van der Waals surface area contributed by atoms with Gasteiger partial charge in [0, 0.05) is 13.3 Å². The first-order valence-electron chi connectivity index (χ1n) is 7.32. The third kappa shape index (κ3) is 6.06. The molecule has 23 heavy (non-hydrogen) atoms. The highest BCUT2D eigenvalue weighted by Crippen LogP contribution is 2.07. The number of amides is 3. The van der Waals surface area contributed by atoms with E-state index in [0.29, 0.717) is 5.56 Å². The number of carbonyl (C=O) groups is 3. The minimum absolute atomic E-state index is 0.145. The molecule has 0 fully saturated rings. The van der Waals surface area contributed by atoms with E-state index in [4.69, 9.17) is 5.73 Å². The van der Waals surface area contributed by atoms with E-state index < -0.39 is 23.9 Å². The Morgan fingerprint density at radius 3 is 2.13 bits per heavy atom. The van der Waals surface area contributed by atoms with Crippen LogP contribution in [0.4, 0.5) is 4.39 Å². The van der Waals surface area contributed by atoms with Crippen molar-refractivity contribution in [2.24, 2.45) is 11.7 Å². The maximum Gasteiger partial charge on any atom is 0.243 e. The largest absolute Gasteiger partial charge is 0.368 e. The zero-order chi connectivity index (χ0) is 17.6. The molecule has 0 spiro atoms. The Labute approximate surface area is 134 Å². The Morgan fingerprint density at radius 2 is 1.70 bits per heavy atom. The molecule has 0 radical (unpaired) electrons. The molecule has 2 atom stereocenters. The zero-order valence-corrected chi connectivity index (χ0v) is 13.4. The van der Waals surface area contributed by atoms with Crippen LogP contribution in [0.15, 0.2) is 24.3 Å². The molecule has 0 aliphatic rings. The average molecular weight is 323 g/mol. The van der Waals surface area contributed by atoms with E-state index in [2.05, 4.69) is 10.6 Å². The van der Waals surface area contributed by atoms with Crippen molar-refractivity contribution in [3.8, 4) is 0 Å². The van der Waals surface area contributed by atoms with Gasteiger partial charge in [-0.05, 0) is 23.6 Å². The molecule has 0 bridgehead atoms. The molecule has 0 saturated heterocycles. The second kappa shape index (κ2) is 8.26. The summed E-state index contributed by atoms with van der Waals surface area (Å²) < 4.78 is 12.9. The summed E-state index contributed by atoms with van der Waals surface area (Å²) in [6.45, 7) is 4.87. The van der Waals surface area contributed by atoms with E-state index in [1.807, 2.05) is 0 Å². The number of rotatable bonds is 7. The molecule has 3 amide bonds. The van der Waals surface area contributed by atoms with Crippen molar-refractivity contribution in [2.45, 2.75) is 39.3 Å². The van der Waals surface area contributed by atoms with Gasteiger partial charge in [0.25, 0.3) is 0 Å². The smallest absolute Gasteiger partial charge is 0.243 e. The van der Waals surface area contributed by atoms with E-state index in [9.17, 15) is 18.8 Å². The summed E-state index contributed by atoms with van der Waals surface area (Å²) in [5.74, 6) is -2.07. The summed E-state index contributed by atoms with van der Waals surface area (Å²) >= 11 is 0. The van der Waals surface area contributed by atoms with Crippen LogP contribution in [0, 0.1) is 11.7 Å². The van der Waals surface area contributed by atoms with Crippen molar-refractivity contribution in [1.82, 2.24) is 10.6 Å². The number of nitrogens with one attached hydrogen (secondary N) is 2. The number of benzene rings is 1. The summed E-state index contributed by atoms with van der Waals surface area (Å²) in [6.07, 6.45) is 0.145. The van der Waals surface area contributed by atoms with Crippen LogP contribution in [0.2, 0.25) is 0 Å². The van der Waals surface area contributed by atoms with Crippen molar-refractivity contribution >= 4 is 17.7 Å². The first-order chi connectivity index (χ1) is 10.7. The first-order valence-corrected chi connectivity index (χ1v) is 7.32. The minimum atomic E-state index is -0.942. The predicted molar refractivity (Wildman–Crippen MR) is 83.7 cm³/mol. The van der Waals surface area contributed by atoms with Gasteiger partial charge in [-0.1, -0.05) is 26.0 Å². The minimum Gasteiger partial charge on any atom is -0.368 e. The van der Waals surface area contributed by atoms with Crippen LogP contribution in [-0.2, 0) is 20.8 Å². The van der Waals surface area contributed by atoms with Crippen molar-refractivity contribution in [3.63, 3.8) is 0 Å². The average Bonchev–Trinajstić information content (AvgIpc) is 2.45. The molecular weight excluding hydrogens is 301 g/mol. The highest BCUT2D eigenvalue weighted by Gasteiger charge is 2.27. The van der Waals surface area contributed by atoms with Crippen LogP contribution >= 0.6 is 0 Å². The van der Waals surface area contributed by atoms with Gasteiger partial charge < -0.3 is 16.4 Å². The third-order valence-electron chi connectivity index (χ3n) is 3.32. The van der Waals surface area contributed by atoms with Gasteiger partial charge in [-0.3, -0.25) is 14.4 Å². The summed E-state index contributed by atoms with van der Waals surface area (Å²) in [5.41, 5.74) is 5.99. The molecular formula is C16H22FN3O3. The fourth-order valence-corrected chi connectivity index (χ4v) is 2.09. The number of primary amides is 1. The van der Waals surface area contributed by atoms with Crippen LogP contribution < -0.4 is 16.4 Å². The summed E-state index contributed by atoms with van der Waals surface area (Å²) in [6, 6.07) is 3.87. The third-order valence-corrected chi connectivity index (χ3v) is 3.32. The Balaban J connectivity index is 2.81. The first kappa shape index (κ1) is 18.6. The Hall–Kier alpha value is -2.44. The topological polar surface area (TPSA) is 101 Å². The Kier molecular flexibility index (Phi) is 6.68. The highest BCUT2D eigenvalue weighted by atomic mass is 19.1. The Bertz CT molecular complexity index is 572. The van der Waals surface area contributed by atoms with Crippen molar-refractivity contribution < 1.29 is 18.8 Å². The molecule has 1 aromatic carbocycles. The van der Waals surface area contributed by atoms with Crippen LogP contribution in [0.5, 0.6) is 0 Å². The lowest BCUT2D eigenvalue weighted by Crippen LogP contribution is -2.55. The van der Waals surface area contributed by atoms with E-state index in [-0.39, 0.29) is 24.1 Å². The molecule has 0 aromatic heterocycles. The van der Waals surface area contributed by atoms with Gasteiger partial charge in [-0.2, -0.15) is 0 Å². The van der Waals surface area contributed by atoms with Crippen LogP contribution in [-0.4, -0.2) is 29.8 Å². The molecule has 6 nitrogen and oxygen atoms in total. The molecule has 7 heteroatoms. The van der Waals surface area contributed by atoms with Crippen LogP contribution in [0.1, 0.15) is 26.3 Å². The highest BCUT2D eigenvalue weighted by molar-refractivity contribution is 5.91. The lowest BCUT2D eigenvalue weighted by molar-refractivity contribution is -0.131.